The molecule has 0 radical (unpaired) electrons. The molecule has 3 unspecified atom stereocenters. The van der Waals surface area contributed by atoms with Gasteiger partial charge in [-0.2, -0.15) is 0 Å². The van der Waals surface area contributed by atoms with Crippen LogP contribution >= 0.6 is 11.6 Å². The zero-order valence-corrected chi connectivity index (χ0v) is 14.2. The molecular formula is C18H27ClN2. The Hall–Kier alpha value is -0.570. The van der Waals surface area contributed by atoms with Crippen molar-refractivity contribution in [3.8, 4) is 0 Å². The van der Waals surface area contributed by atoms with Gasteiger partial charge >= 0.3 is 0 Å². The Balaban J connectivity index is 1.80. The molecule has 0 bridgehead atoms. The van der Waals surface area contributed by atoms with Crippen molar-refractivity contribution in [2.24, 2.45) is 5.92 Å². The van der Waals surface area contributed by atoms with Gasteiger partial charge in [-0.3, -0.25) is 4.90 Å². The number of hydrogen-bond donors (Lipinski definition) is 1. The lowest BCUT2D eigenvalue weighted by atomic mass is 9.88. The van der Waals surface area contributed by atoms with Crippen molar-refractivity contribution in [3.05, 3.63) is 34.9 Å². The number of nitrogens with zero attached hydrogens (tertiary/aromatic N) is 1. The second-order valence-electron chi connectivity index (χ2n) is 7.03. The number of hydrogen-bond acceptors (Lipinski definition) is 2. The second kappa shape index (κ2) is 5.91. The molecule has 1 saturated heterocycles. The van der Waals surface area contributed by atoms with Crippen molar-refractivity contribution in [1.82, 2.24) is 10.2 Å². The van der Waals surface area contributed by atoms with Crippen LogP contribution in [0.3, 0.4) is 0 Å². The third kappa shape index (κ3) is 3.13. The lowest BCUT2D eigenvalue weighted by Gasteiger charge is -2.49. The first-order chi connectivity index (χ1) is 10.0. The van der Waals surface area contributed by atoms with Gasteiger partial charge in [0.25, 0.3) is 0 Å². The third-order valence-corrected chi connectivity index (χ3v) is 5.77. The minimum absolute atomic E-state index is 0.298. The Morgan fingerprint density at radius 2 is 2.00 bits per heavy atom. The van der Waals surface area contributed by atoms with E-state index in [0.29, 0.717) is 17.6 Å². The highest BCUT2D eigenvalue weighted by atomic mass is 35.5. The van der Waals surface area contributed by atoms with Crippen LogP contribution in [0.2, 0.25) is 5.02 Å². The molecule has 2 fully saturated rings. The van der Waals surface area contributed by atoms with Gasteiger partial charge in [0, 0.05) is 35.7 Å². The molecule has 3 rings (SSSR count). The SMILES string of the molecule is CCC1CNC(C)(C2CC2)CN1C(C)c1ccc(Cl)cc1. The molecule has 0 aromatic heterocycles. The molecule has 0 spiro atoms. The van der Waals surface area contributed by atoms with Crippen molar-refractivity contribution < 1.29 is 0 Å². The molecule has 1 N–H and O–H groups in total. The molecule has 0 amide bonds. The molecule has 1 aromatic rings. The van der Waals surface area contributed by atoms with Crippen LogP contribution in [0.4, 0.5) is 0 Å². The van der Waals surface area contributed by atoms with Crippen molar-refractivity contribution in [2.75, 3.05) is 13.1 Å². The molecule has 2 nitrogen and oxygen atoms in total. The van der Waals surface area contributed by atoms with Crippen LogP contribution in [0.15, 0.2) is 24.3 Å². The average Bonchev–Trinajstić information content (AvgIpc) is 3.32. The van der Waals surface area contributed by atoms with Gasteiger partial charge in [0.2, 0.25) is 0 Å². The smallest absolute Gasteiger partial charge is 0.0406 e. The maximum atomic E-state index is 6.03. The van der Waals surface area contributed by atoms with Gasteiger partial charge in [0.15, 0.2) is 0 Å². The Morgan fingerprint density at radius 3 is 2.57 bits per heavy atom. The summed E-state index contributed by atoms with van der Waals surface area (Å²) in [5.41, 5.74) is 1.67. The van der Waals surface area contributed by atoms with Gasteiger partial charge < -0.3 is 5.32 Å². The summed E-state index contributed by atoms with van der Waals surface area (Å²) < 4.78 is 0. The van der Waals surface area contributed by atoms with Gasteiger partial charge in [0.1, 0.15) is 0 Å². The zero-order chi connectivity index (χ0) is 15.0. The molecule has 1 heterocycles. The molecular weight excluding hydrogens is 280 g/mol. The van der Waals surface area contributed by atoms with E-state index in [1.54, 1.807) is 0 Å². The van der Waals surface area contributed by atoms with Crippen LogP contribution in [-0.4, -0.2) is 29.6 Å². The predicted octanol–water partition coefficient (Wildman–Crippen LogP) is 4.25. The van der Waals surface area contributed by atoms with E-state index in [9.17, 15) is 0 Å². The van der Waals surface area contributed by atoms with Gasteiger partial charge in [-0.1, -0.05) is 30.7 Å². The van der Waals surface area contributed by atoms with Crippen molar-refractivity contribution in [1.29, 1.82) is 0 Å². The summed E-state index contributed by atoms with van der Waals surface area (Å²) in [5.74, 6) is 0.871. The van der Waals surface area contributed by atoms with E-state index in [2.05, 4.69) is 43.1 Å². The lowest BCUT2D eigenvalue weighted by molar-refractivity contribution is 0.0418. The van der Waals surface area contributed by atoms with Gasteiger partial charge in [-0.15, -0.1) is 0 Å². The van der Waals surface area contributed by atoms with Gasteiger partial charge in [-0.05, 0) is 56.7 Å². The van der Waals surface area contributed by atoms with E-state index in [-0.39, 0.29) is 0 Å². The van der Waals surface area contributed by atoms with Crippen molar-refractivity contribution in [3.63, 3.8) is 0 Å². The van der Waals surface area contributed by atoms with Crippen LogP contribution in [0.25, 0.3) is 0 Å². The average molecular weight is 307 g/mol. The minimum atomic E-state index is 0.298. The predicted molar refractivity (Wildman–Crippen MR) is 89.8 cm³/mol. The molecule has 116 valence electrons. The highest BCUT2D eigenvalue weighted by Crippen LogP contribution is 2.43. The maximum absolute atomic E-state index is 6.03. The molecule has 3 heteroatoms. The summed E-state index contributed by atoms with van der Waals surface area (Å²) in [6.45, 7) is 9.32. The first-order valence-electron chi connectivity index (χ1n) is 8.29. The van der Waals surface area contributed by atoms with E-state index >= 15 is 0 Å². The van der Waals surface area contributed by atoms with Crippen LogP contribution in [0.1, 0.15) is 51.6 Å². The topological polar surface area (TPSA) is 15.3 Å². The zero-order valence-electron chi connectivity index (χ0n) is 13.4. The summed E-state index contributed by atoms with van der Waals surface area (Å²) >= 11 is 6.03. The minimum Gasteiger partial charge on any atom is -0.308 e. The van der Waals surface area contributed by atoms with Crippen molar-refractivity contribution in [2.45, 2.75) is 57.7 Å². The standard InChI is InChI=1S/C18H27ClN2/c1-4-17-11-20-18(3,15-7-8-15)12-21(17)13(2)14-5-9-16(19)10-6-14/h5-6,9-10,13,15,17,20H,4,7-8,11-12H2,1-3H3. The number of halogens is 1. The molecule has 1 aliphatic heterocycles. The molecule has 2 aliphatic rings. The molecule has 21 heavy (non-hydrogen) atoms. The second-order valence-corrected chi connectivity index (χ2v) is 7.47. The van der Waals surface area contributed by atoms with Gasteiger partial charge in [0.05, 0.1) is 0 Å². The normalized spacial score (nSPS) is 32.1. The monoisotopic (exact) mass is 306 g/mol. The Bertz CT molecular complexity index is 482. The first kappa shape index (κ1) is 15.3. The summed E-state index contributed by atoms with van der Waals surface area (Å²) in [4.78, 5) is 2.71. The lowest BCUT2D eigenvalue weighted by Crippen LogP contribution is -2.64. The van der Waals surface area contributed by atoms with E-state index in [0.717, 1.165) is 24.0 Å². The van der Waals surface area contributed by atoms with Crippen LogP contribution in [0.5, 0.6) is 0 Å². The van der Waals surface area contributed by atoms with Crippen LogP contribution < -0.4 is 5.32 Å². The molecule has 1 saturated carbocycles. The van der Waals surface area contributed by atoms with Crippen molar-refractivity contribution >= 4 is 11.6 Å². The summed E-state index contributed by atoms with van der Waals surface area (Å²) in [6.07, 6.45) is 3.98. The molecule has 1 aliphatic carbocycles. The highest BCUT2D eigenvalue weighted by molar-refractivity contribution is 6.30. The number of benzene rings is 1. The van der Waals surface area contributed by atoms with E-state index in [1.807, 2.05) is 12.1 Å². The fourth-order valence-electron chi connectivity index (χ4n) is 3.79. The van der Waals surface area contributed by atoms with E-state index in [1.165, 1.54) is 24.8 Å². The molecule has 1 aromatic carbocycles. The highest BCUT2D eigenvalue weighted by Gasteiger charge is 2.46. The number of rotatable bonds is 4. The fraction of sp³-hybridized carbons (Fsp3) is 0.667. The first-order valence-corrected chi connectivity index (χ1v) is 8.67. The van der Waals surface area contributed by atoms with E-state index in [4.69, 9.17) is 11.6 Å². The third-order valence-electron chi connectivity index (χ3n) is 5.52. The fourth-order valence-corrected chi connectivity index (χ4v) is 3.92. The Labute approximate surface area is 133 Å². The largest absolute Gasteiger partial charge is 0.308 e. The number of nitrogens with one attached hydrogen (secondary N) is 1. The summed E-state index contributed by atoms with van der Waals surface area (Å²) in [5, 5.41) is 4.66. The quantitative estimate of drug-likeness (QED) is 0.894. The molecule has 3 atom stereocenters. The summed E-state index contributed by atoms with van der Waals surface area (Å²) in [7, 11) is 0. The Morgan fingerprint density at radius 1 is 1.33 bits per heavy atom. The van der Waals surface area contributed by atoms with E-state index < -0.39 is 0 Å². The Kier molecular flexibility index (Phi) is 4.31. The number of piperazine rings is 1. The van der Waals surface area contributed by atoms with Crippen LogP contribution in [0, 0.1) is 5.92 Å². The van der Waals surface area contributed by atoms with Crippen LogP contribution in [-0.2, 0) is 0 Å². The van der Waals surface area contributed by atoms with Gasteiger partial charge in [-0.25, -0.2) is 0 Å². The summed E-state index contributed by atoms with van der Waals surface area (Å²) in [6, 6.07) is 9.45. The maximum Gasteiger partial charge on any atom is 0.0406 e.